The van der Waals surface area contributed by atoms with E-state index in [1.165, 1.54) is 11.1 Å². The molecule has 3 heterocycles. The standard InChI is InChI=1S/C37H50ClN3O6S/c1-25-6-3-4-15-40-16-17-45-21-31(40)22-46-34-12-9-29(34)20-41-23-37(14-5-7-27-18-30(38)10-11-32(27)37)24-47-35-13-8-28(19-33(35)41)36(42)39-48(43,44)26(25)2/h8,10-11,13,18-19,25-26,29,31,34H,3-7,9,12,14-17,20-24H2,1-2H3,(H,39,42)/t25-,26+,29-,31-,34+,37-/m0/s1. The van der Waals surface area contributed by atoms with Gasteiger partial charge in [-0.25, -0.2) is 13.1 Å². The molecule has 9 nitrogen and oxygen atoms in total. The Morgan fingerprint density at radius 3 is 2.71 bits per heavy atom. The summed E-state index contributed by atoms with van der Waals surface area (Å²) in [4.78, 5) is 18.5. The Morgan fingerprint density at radius 2 is 1.88 bits per heavy atom. The molecule has 0 radical (unpaired) electrons. The molecular weight excluding hydrogens is 650 g/mol. The van der Waals surface area contributed by atoms with Crippen LogP contribution in [0.5, 0.6) is 5.75 Å². The number of nitrogens with one attached hydrogen (secondary N) is 1. The van der Waals surface area contributed by atoms with Crippen LogP contribution in [0.25, 0.3) is 0 Å². The summed E-state index contributed by atoms with van der Waals surface area (Å²) in [6.07, 6.45) is 7.93. The Bertz CT molecular complexity index is 1610. The molecule has 1 spiro atoms. The topological polar surface area (TPSA) is 97.4 Å². The average Bonchev–Trinajstić information content (AvgIpc) is 3.21. The maximum Gasteiger partial charge on any atom is 0.264 e. The number of sulfonamides is 1. The Labute approximate surface area is 290 Å². The van der Waals surface area contributed by atoms with Gasteiger partial charge in [-0.1, -0.05) is 31.0 Å². The fourth-order valence-corrected chi connectivity index (χ4v) is 9.98. The van der Waals surface area contributed by atoms with Crippen molar-refractivity contribution in [3.63, 3.8) is 0 Å². The highest BCUT2D eigenvalue weighted by molar-refractivity contribution is 7.90. The number of benzene rings is 2. The number of aryl methyl sites for hydroxylation is 1. The van der Waals surface area contributed by atoms with E-state index >= 15 is 0 Å². The Hall–Kier alpha value is -2.37. The van der Waals surface area contributed by atoms with E-state index in [2.05, 4.69) is 26.7 Å². The van der Waals surface area contributed by atoms with Crippen molar-refractivity contribution in [1.29, 1.82) is 0 Å². The van der Waals surface area contributed by atoms with Gasteiger partial charge >= 0.3 is 0 Å². The van der Waals surface area contributed by atoms with E-state index in [9.17, 15) is 13.2 Å². The molecular formula is C37H50ClN3O6S. The highest BCUT2D eigenvalue weighted by Gasteiger charge is 2.44. The molecule has 2 aliphatic carbocycles. The van der Waals surface area contributed by atoms with Crippen LogP contribution in [0.4, 0.5) is 5.69 Å². The van der Waals surface area contributed by atoms with Gasteiger partial charge in [-0.2, -0.15) is 0 Å². The third kappa shape index (κ3) is 6.97. The maximum atomic E-state index is 13.6. The lowest BCUT2D eigenvalue weighted by Gasteiger charge is -2.45. The highest BCUT2D eigenvalue weighted by Crippen LogP contribution is 2.46. The smallest absolute Gasteiger partial charge is 0.264 e. The third-order valence-electron chi connectivity index (χ3n) is 11.8. The molecule has 1 saturated heterocycles. The molecule has 48 heavy (non-hydrogen) atoms. The van der Waals surface area contributed by atoms with E-state index in [4.69, 9.17) is 25.8 Å². The largest absolute Gasteiger partial charge is 0.490 e. The van der Waals surface area contributed by atoms with Crippen LogP contribution in [0.15, 0.2) is 36.4 Å². The van der Waals surface area contributed by atoms with Gasteiger partial charge < -0.3 is 19.1 Å². The molecule has 2 aromatic rings. The number of hydrogen-bond donors (Lipinski definition) is 1. The first-order chi connectivity index (χ1) is 23.1. The molecule has 7 rings (SSSR count). The monoisotopic (exact) mass is 699 g/mol. The zero-order valence-electron chi connectivity index (χ0n) is 28.3. The number of fused-ring (bicyclic) bond motifs is 5. The summed E-state index contributed by atoms with van der Waals surface area (Å²) in [7, 11) is -3.89. The number of morpholine rings is 1. The van der Waals surface area contributed by atoms with Crippen LogP contribution in [0.2, 0.25) is 5.02 Å². The lowest BCUT2D eigenvalue weighted by molar-refractivity contribution is -0.0948. The molecule has 11 heteroatoms. The number of amides is 1. The van der Waals surface area contributed by atoms with E-state index in [1.807, 2.05) is 25.1 Å². The molecule has 262 valence electrons. The van der Waals surface area contributed by atoms with Crippen molar-refractivity contribution in [3.8, 4) is 5.75 Å². The fraction of sp³-hybridized carbons (Fsp3) is 0.649. The van der Waals surface area contributed by atoms with Gasteiger partial charge in [0.15, 0.2) is 0 Å². The average molecular weight is 700 g/mol. The molecule has 0 aromatic heterocycles. The van der Waals surface area contributed by atoms with E-state index in [0.29, 0.717) is 37.1 Å². The van der Waals surface area contributed by atoms with Crippen molar-refractivity contribution in [2.24, 2.45) is 11.8 Å². The molecule has 6 atom stereocenters. The number of ether oxygens (including phenoxy) is 3. The lowest BCUT2D eigenvalue weighted by atomic mass is 9.70. The first kappa shape index (κ1) is 34.1. The molecule has 0 unspecified atom stereocenters. The minimum Gasteiger partial charge on any atom is -0.490 e. The van der Waals surface area contributed by atoms with Gasteiger partial charge in [0.25, 0.3) is 5.91 Å². The number of carbonyl (C=O) groups excluding carboxylic acids is 1. The lowest BCUT2D eigenvalue weighted by Crippen LogP contribution is -2.52. The number of rotatable bonds is 0. The predicted molar refractivity (Wildman–Crippen MR) is 188 cm³/mol. The minimum atomic E-state index is -3.89. The van der Waals surface area contributed by atoms with Crippen LogP contribution in [0.3, 0.4) is 0 Å². The normalized spacial score (nSPS) is 33.1. The Balaban J connectivity index is 1.23. The van der Waals surface area contributed by atoms with Crippen molar-refractivity contribution in [3.05, 3.63) is 58.1 Å². The van der Waals surface area contributed by atoms with Gasteiger partial charge in [0.05, 0.1) is 49.5 Å². The quantitative estimate of drug-likeness (QED) is 0.381. The van der Waals surface area contributed by atoms with Crippen molar-refractivity contribution >= 4 is 33.2 Å². The molecule has 2 aromatic carbocycles. The summed E-state index contributed by atoms with van der Waals surface area (Å²) in [5.41, 5.74) is 3.44. The summed E-state index contributed by atoms with van der Waals surface area (Å²) in [5.74, 6) is 0.333. The van der Waals surface area contributed by atoms with E-state index in [-0.39, 0.29) is 23.5 Å². The molecule has 1 N–H and O–H groups in total. The minimum absolute atomic E-state index is 0.0966. The predicted octanol–water partition coefficient (Wildman–Crippen LogP) is 5.58. The van der Waals surface area contributed by atoms with Crippen LogP contribution in [-0.4, -0.2) is 89.2 Å². The van der Waals surface area contributed by atoms with Crippen molar-refractivity contribution in [2.75, 3.05) is 57.5 Å². The summed E-state index contributed by atoms with van der Waals surface area (Å²) < 4.78 is 48.5. The second-order valence-corrected chi connectivity index (χ2v) is 17.4. The maximum absolute atomic E-state index is 13.6. The summed E-state index contributed by atoms with van der Waals surface area (Å²) in [5, 5.41) is 0.0460. The van der Waals surface area contributed by atoms with Crippen LogP contribution < -0.4 is 14.4 Å². The Morgan fingerprint density at radius 1 is 1.00 bits per heavy atom. The van der Waals surface area contributed by atoms with Crippen molar-refractivity contribution in [2.45, 2.75) is 88.0 Å². The molecule has 3 aliphatic heterocycles. The SMILES string of the molecule is C[C@@H]1[C@@H](C)CCCCN2CCOC[C@H]2CO[C@@H]2CC[C@H]2CN2C[C@@]3(CCCc4cc(Cl)ccc43)COc3ccc(cc32)C(=O)NS1(=O)=O. The molecule has 1 amide bonds. The van der Waals surface area contributed by atoms with Gasteiger partial charge in [-0.15, -0.1) is 0 Å². The highest BCUT2D eigenvalue weighted by atomic mass is 35.5. The van der Waals surface area contributed by atoms with Gasteiger partial charge in [-0.3, -0.25) is 9.69 Å². The molecule has 1 saturated carbocycles. The molecule has 2 fully saturated rings. The number of hydrogen-bond acceptors (Lipinski definition) is 8. The van der Waals surface area contributed by atoms with Crippen LogP contribution >= 0.6 is 11.6 Å². The van der Waals surface area contributed by atoms with E-state index in [1.54, 1.807) is 13.0 Å². The van der Waals surface area contributed by atoms with Crippen molar-refractivity contribution < 1.29 is 27.4 Å². The number of anilines is 1. The fourth-order valence-electron chi connectivity index (χ4n) is 8.48. The van der Waals surface area contributed by atoms with Crippen LogP contribution in [0, 0.1) is 11.8 Å². The number of halogens is 1. The van der Waals surface area contributed by atoms with Crippen LogP contribution in [0.1, 0.15) is 80.3 Å². The van der Waals surface area contributed by atoms with Crippen molar-refractivity contribution in [1.82, 2.24) is 9.62 Å². The summed E-state index contributed by atoms with van der Waals surface area (Å²) in [6.45, 7) is 9.54. The first-order valence-electron chi connectivity index (χ1n) is 17.9. The zero-order chi connectivity index (χ0) is 33.5. The van der Waals surface area contributed by atoms with Gasteiger partial charge in [0.2, 0.25) is 10.0 Å². The number of carbonyl (C=O) groups is 1. The zero-order valence-corrected chi connectivity index (χ0v) is 29.9. The molecule has 2 bridgehead atoms. The second kappa shape index (κ2) is 14.1. The summed E-state index contributed by atoms with van der Waals surface area (Å²) in [6, 6.07) is 11.8. The first-order valence-corrected chi connectivity index (χ1v) is 19.8. The molecule has 5 aliphatic rings. The second-order valence-electron chi connectivity index (χ2n) is 14.9. The summed E-state index contributed by atoms with van der Waals surface area (Å²) >= 11 is 6.45. The van der Waals surface area contributed by atoms with E-state index < -0.39 is 21.2 Å². The van der Waals surface area contributed by atoms with Gasteiger partial charge in [-0.05, 0) is 106 Å². The van der Waals surface area contributed by atoms with Gasteiger partial charge in [0, 0.05) is 41.6 Å². The Kier molecular flexibility index (Phi) is 10.0. The van der Waals surface area contributed by atoms with Crippen LogP contribution in [-0.2, 0) is 31.3 Å². The van der Waals surface area contributed by atoms with E-state index in [0.717, 1.165) is 94.9 Å². The number of nitrogens with zero attached hydrogens (tertiary/aromatic N) is 2. The van der Waals surface area contributed by atoms with Gasteiger partial charge in [0.1, 0.15) is 5.75 Å². The third-order valence-corrected chi connectivity index (χ3v) is 14.0.